The number of carbonyl (C=O) groups excluding carboxylic acids is 1. The molecule has 3 aliphatic heterocycles. The first-order chi connectivity index (χ1) is 15.5. The van der Waals surface area contributed by atoms with E-state index in [0.717, 1.165) is 65.6 Å². The van der Waals surface area contributed by atoms with Crippen molar-refractivity contribution in [2.75, 3.05) is 33.2 Å². The number of piperazine rings is 1. The number of aryl methyl sites for hydroxylation is 1. The van der Waals surface area contributed by atoms with Gasteiger partial charge < -0.3 is 19.3 Å². The number of aliphatic hydroxyl groups excluding tert-OH is 1. The minimum Gasteiger partial charge on any atom is -0.392 e. The molecule has 3 aliphatic rings. The Kier molecular flexibility index (Phi) is 5.28. The van der Waals surface area contributed by atoms with Crippen molar-refractivity contribution in [2.24, 2.45) is 0 Å². The Hall–Kier alpha value is -3.42. The maximum absolute atomic E-state index is 13.3. The maximum atomic E-state index is 13.3. The van der Waals surface area contributed by atoms with Crippen molar-refractivity contribution in [1.82, 2.24) is 24.1 Å². The van der Waals surface area contributed by atoms with E-state index in [-0.39, 0.29) is 12.5 Å². The number of aliphatic hydroxyl groups is 1. The van der Waals surface area contributed by atoms with Crippen molar-refractivity contribution in [1.29, 1.82) is 0 Å². The second kappa shape index (κ2) is 8.26. The van der Waals surface area contributed by atoms with E-state index in [2.05, 4.69) is 27.9 Å². The van der Waals surface area contributed by atoms with Crippen LogP contribution in [0.1, 0.15) is 16.8 Å². The Morgan fingerprint density at radius 1 is 1.06 bits per heavy atom. The number of rotatable bonds is 3. The van der Waals surface area contributed by atoms with E-state index in [1.807, 2.05) is 60.3 Å². The Morgan fingerprint density at radius 2 is 1.84 bits per heavy atom. The molecule has 1 fully saturated rings. The summed E-state index contributed by atoms with van der Waals surface area (Å²) in [7, 11) is 2.13. The highest BCUT2D eigenvalue weighted by atomic mass is 16.3. The molecule has 0 bridgehead atoms. The molecule has 2 aromatic heterocycles. The lowest BCUT2D eigenvalue weighted by atomic mass is 10.0. The number of fused-ring (bicyclic) bond motifs is 2. The summed E-state index contributed by atoms with van der Waals surface area (Å²) >= 11 is 0. The van der Waals surface area contributed by atoms with Gasteiger partial charge in [0.15, 0.2) is 0 Å². The molecule has 5 heterocycles. The number of pyridine rings is 1. The van der Waals surface area contributed by atoms with Gasteiger partial charge in [-0.25, -0.2) is 4.98 Å². The van der Waals surface area contributed by atoms with Crippen molar-refractivity contribution >= 4 is 17.1 Å². The molecule has 0 saturated carbocycles. The van der Waals surface area contributed by atoms with Gasteiger partial charge in [0.05, 0.1) is 18.0 Å². The molecule has 0 aromatic carbocycles. The van der Waals surface area contributed by atoms with Gasteiger partial charge in [-0.05, 0) is 49.4 Å². The van der Waals surface area contributed by atoms with Gasteiger partial charge in [0, 0.05) is 62.1 Å². The van der Waals surface area contributed by atoms with Gasteiger partial charge in [0.1, 0.15) is 5.65 Å². The highest BCUT2D eigenvalue weighted by molar-refractivity contribution is 6.00. The first-order valence-electron chi connectivity index (χ1n) is 10.9. The number of nitrogens with zero attached hydrogens (tertiary/aromatic N) is 5. The van der Waals surface area contributed by atoms with Crippen molar-refractivity contribution in [3.05, 3.63) is 89.3 Å². The van der Waals surface area contributed by atoms with Crippen LogP contribution in [0.2, 0.25) is 0 Å². The smallest absolute Gasteiger partial charge is 0.255 e. The van der Waals surface area contributed by atoms with E-state index in [4.69, 9.17) is 0 Å². The van der Waals surface area contributed by atoms with Crippen LogP contribution in [-0.4, -0.2) is 68.3 Å². The third-order valence-corrected chi connectivity index (χ3v) is 6.14. The average Bonchev–Trinajstić information content (AvgIpc) is 3.17. The largest absolute Gasteiger partial charge is 0.392 e. The second-order valence-corrected chi connectivity index (χ2v) is 8.46. The lowest BCUT2D eigenvalue weighted by Gasteiger charge is -2.36. The van der Waals surface area contributed by atoms with Crippen LogP contribution in [0.15, 0.2) is 72.5 Å². The summed E-state index contributed by atoms with van der Waals surface area (Å²) in [5, 5.41) is 9.85. The molecular weight excluding hydrogens is 402 g/mol. The predicted octanol–water partition coefficient (Wildman–Crippen LogP) is 2.46. The van der Waals surface area contributed by atoms with Gasteiger partial charge in [0.25, 0.3) is 5.91 Å². The lowest BCUT2D eigenvalue weighted by Crippen LogP contribution is -2.44. The number of imidazole rings is 1. The van der Waals surface area contributed by atoms with E-state index >= 15 is 0 Å². The molecule has 7 heteroatoms. The van der Waals surface area contributed by atoms with Crippen molar-refractivity contribution < 1.29 is 9.90 Å². The predicted molar refractivity (Wildman–Crippen MR) is 124 cm³/mol. The number of hydrogen-bond acceptors (Lipinski definition) is 5. The summed E-state index contributed by atoms with van der Waals surface area (Å²) in [6.45, 7) is 5.73. The van der Waals surface area contributed by atoms with E-state index < -0.39 is 0 Å². The van der Waals surface area contributed by atoms with Gasteiger partial charge in [-0.3, -0.25) is 9.69 Å². The van der Waals surface area contributed by atoms with Crippen LogP contribution in [0.25, 0.3) is 11.2 Å². The Bertz CT molecular complexity index is 1220. The SMILES string of the molecule is Cc1cn2cc(C3=CC(=O)N4C=C(N5CCN(C)CC5)C=C/C4=C\C=C3)cc(CO)c2n1. The Balaban J connectivity index is 1.49. The number of likely N-dealkylation sites (N-methyl/N-ethyl adjacent to an activating group) is 1. The van der Waals surface area contributed by atoms with Gasteiger partial charge in [0.2, 0.25) is 0 Å². The average molecular weight is 430 g/mol. The molecule has 1 amide bonds. The van der Waals surface area contributed by atoms with Gasteiger partial charge in [-0.15, -0.1) is 0 Å². The minimum absolute atomic E-state index is 0.0981. The highest BCUT2D eigenvalue weighted by Gasteiger charge is 2.22. The van der Waals surface area contributed by atoms with Crippen molar-refractivity contribution in [3.63, 3.8) is 0 Å². The fourth-order valence-corrected chi connectivity index (χ4v) is 4.33. The molecule has 1 N–H and O–H groups in total. The summed E-state index contributed by atoms with van der Waals surface area (Å²) in [5.41, 5.74) is 5.89. The zero-order valence-electron chi connectivity index (χ0n) is 18.4. The van der Waals surface area contributed by atoms with Crippen LogP contribution < -0.4 is 0 Å². The van der Waals surface area contributed by atoms with Crippen LogP contribution >= 0.6 is 0 Å². The number of allylic oxidation sites excluding steroid dienone is 6. The zero-order chi connectivity index (χ0) is 22.2. The van der Waals surface area contributed by atoms with E-state index in [1.54, 1.807) is 11.0 Å². The summed E-state index contributed by atoms with van der Waals surface area (Å²) in [6.07, 6.45) is 17.4. The third-order valence-electron chi connectivity index (χ3n) is 6.14. The van der Waals surface area contributed by atoms with Crippen LogP contribution in [0.3, 0.4) is 0 Å². The molecule has 7 nitrogen and oxygen atoms in total. The van der Waals surface area contributed by atoms with E-state index in [9.17, 15) is 9.90 Å². The third kappa shape index (κ3) is 3.81. The normalized spacial score (nSPS) is 21.1. The van der Waals surface area contributed by atoms with Crippen molar-refractivity contribution in [3.8, 4) is 0 Å². The lowest BCUT2D eigenvalue weighted by molar-refractivity contribution is -0.122. The maximum Gasteiger partial charge on any atom is 0.255 e. The molecular formula is C25H27N5O2. The van der Waals surface area contributed by atoms with Crippen LogP contribution in [0.5, 0.6) is 0 Å². The quantitative estimate of drug-likeness (QED) is 0.812. The summed E-state index contributed by atoms with van der Waals surface area (Å²) in [5.74, 6) is -0.0981. The Labute approximate surface area is 187 Å². The molecule has 5 rings (SSSR count). The number of hydrogen-bond donors (Lipinski definition) is 1. The Morgan fingerprint density at radius 3 is 2.62 bits per heavy atom. The highest BCUT2D eigenvalue weighted by Crippen LogP contribution is 2.26. The zero-order valence-corrected chi connectivity index (χ0v) is 18.4. The molecule has 1 saturated heterocycles. The van der Waals surface area contributed by atoms with E-state index in [0.29, 0.717) is 0 Å². The molecule has 0 spiro atoms. The number of carbonyl (C=O) groups is 1. The summed E-state index contributed by atoms with van der Waals surface area (Å²) in [4.78, 5) is 24.1. The first-order valence-corrected chi connectivity index (χ1v) is 10.9. The molecule has 0 unspecified atom stereocenters. The molecule has 0 aliphatic carbocycles. The monoisotopic (exact) mass is 429 g/mol. The molecule has 2 aromatic rings. The molecule has 164 valence electrons. The minimum atomic E-state index is -0.114. The molecule has 32 heavy (non-hydrogen) atoms. The second-order valence-electron chi connectivity index (χ2n) is 8.46. The summed E-state index contributed by atoms with van der Waals surface area (Å²) < 4.78 is 1.91. The molecule has 0 radical (unpaired) electrons. The fourth-order valence-electron chi connectivity index (χ4n) is 4.33. The van der Waals surface area contributed by atoms with Crippen LogP contribution in [0.4, 0.5) is 0 Å². The van der Waals surface area contributed by atoms with Crippen LogP contribution in [-0.2, 0) is 11.4 Å². The van der Waals surface area contributed by atoms with Gasteiger partial charge >= 0.3 is 0 Å². The topological polar surface area (TPSA) is 64.3 Å². The fraction of sp³-hybridized carbons (Fsp3) is 0.280. The standard InChI is InChI=1S/C25H27N5O2/c1-18-14-29-15-20(12-21(17-31)25(29)26-18)19-4-3-5-22-6-7-23(16-30(22)24(32)13-19)28-10-8-27(2)9-11-28/h3-7,12-16,31H,8-11,17H2,1-2H3/b4-3?,19-13?,22-5+. The van der Waals surface area contributed by atoms with Crippen molar-refractivity contribution in [2.45, 2.75) is 13.5 Å². The van der Waals surface area contributed by atoms with Crippen LogP contribution in [0, 0.1) is 6.92 Å². The van der Waals surface area contributed by atoms with E-state index in [1.165, 1.54) is 0 Å². The first kappa shape index (κ1) is 20.5. The van der Waals surface area contributed by atoms with Gasteiger partial charge in [-0.1, -0.05) is 12.2 Å². The number of aromatic nitrogens is 2. The molecule has 0 atom stereocenters. The summed E-state index contributed by atoms with van der Waals surface area (Å²) in [6, 6.07) is 1.90. The van der Waals surface area contributed by atoms with Gasteiger partial charge in [-0.2, -0.15) is 0 Å². The number of amides is 1.